The quantitative estimate of drug-likeness (QED) is 0.353. The van der Waals surface area contributed by atoms with Crippen LogP contribution in [0.2, 0.25) is 0 Å². The first-order valence-corrected chi connectivity index (χ1v) is 8.15. The number of hydrogen-bond donors (Lipinski definition) is 1. The second-order valence-corrected chi connectivity index (χ2v) is 5.82. The van der Waals surface area contributed by atoms with E-state index < -0.39 is 5.91 Å². The Morgan fingerprint density at radius 1 is 1.30 bits per heavy atom. The molecule has 7 nitrogen and oxygen atoms in total. The number of hydrogen-bond acceptors (Lipinski definition) is 6. The van der Waals surface area contributed by atoms with Crippen LogP contribution in [0, 0.1) is 11.3 Å². The summed E-state index contributed by atoms with van der Waals surface area (Å²) in [6, 6.07) is 13.0. The van der Waals surface area contributed by atoms with Crippen LogP contribution in [0.1, 0.15) is 16.7 Å². The number of pyridine rings is 1. The molecule has 7 heteroatoms. The molecule has 2 aromatic rings. The van der Waals surface area contributed by atoms with Crippen molar-refractivity contribution < 1.29 is 9.59 Å². The maximum absolute atomic E-state index is 12.3. The SMILES string of the molecule is CN(C)/N=C(\C=C/C=O)C(=O)Nc1ccc(Cc2cccc(C#N)c2)cn1. The average Bonchev–Trinajstić information content (AvgIpc) is 2.66. The minimum absolute atomic E-state index is 0.0892. The topological polar surface area (TPSA) is 98.5 Å². The van der Waals surface area contributed by atoms with Gasteiger partial charge >= 0.3 is 0 Å². The summed E-state index contributed by atoms with van der Waals surface area (Å²) in [6.07, 6.45) is 5.41. The van der Waals surface area contributed by atoms with Gasteiger partial charge in [-0.2, -0.15) is 10.4 Å². The van der Waals surface area contributed by atoms with Crippen molar-refractivity contribution in [2.24, 2.45) is 5.10 Å². The fourth-order valence-electron chi connectivity index (χ4n) is 2.27. The normalized spacial score (nSPS) is 11.1. The Bertz CT molecular complexity index is 909. The number of aromatic nitrogens is 1. The van der Waals surface area contributed by atoms with Crippen molar-refractivity contribution in [1.82, 2.24) is 9.99 Å². The molecule has 0 spiro atoms. The molecule has 0 saturated heterocycles. The number of nitrogens with zero attached hydrogens (tertiary/aromatic N) is 4. The molecule has 0 unspecified atom stereocenters. The third kappa shape index (κ3) is 6.21. The van der Waals surface area contributed by atoms with Crippen LogP contribution in [0.5, 0.6) is 0 Å². The van der Waals surface area contributed by atoms with Gasteiger partial charge in [0, 0.05) is 20.3 Å². The molecule has 136 valence electrons. The predicted molar refractivity (Wildman–Crippen MR) is 103 cm³/mol. The lowest BCUT2D eigenvalue weighted by Gasteiger charge is -2.09. The van der Waals surface area contributed by atoms with Gasteiger partial charge in [-0.25, -0.2) is 4.98 Å². The van der Waals surface area contributed by atoms with E-state index in [1.54, 1.807) is 32.4 Å². The van der Waals surface area contributed by atoms with Crippen LogP contribution in [0.4, 0.5) is 5.82 Å². The first-order chi connectivity index (χ1) is 13.0. The molecule has 0 atom stereocenters. The molecule has 2 rings (SSSR count). The standard InChI is InChI=1S/C20H19N5O2/c1-25(2)24-18(7-4-10-26)20(27)23-19-9-8-17(14-22-19)12-15-5-3-6-16(11-15)13-21/h3-11,14H,12H2,1-2H3,(H,22,23,27)/b7-4-,24-18+. The van der Waals surface area contributed by atoms with Crippen LogP contribution < -0.4 is 5.32 Å². The second-order valence-electron chi connectivity index (χ2n) is 5.82. The maximum atomic E-state index is 12.3. The van der Waals surface area contributed by atoms with Gasteiger partial charge in [-0.3, -0.25) is 9.59 Å². The van der Waals surface area contributed by atoms with Crippen LogP contribution in [-0.4, -0.2) is 42.0 Å². The highest BCUT2D eigenvalue weighted by Crippen LogP contribution is 2.12. The molecule has 0 radical (unpaired) electrons. The summed E-state index contributed by atoms with van der Waals surface area (Å²) in [4.78, 5) is 27.0. The van der Waals surface area contributed by atoms with Gasteiger partial charge in [-0.1, -0.05) is 18.2 Å². The number of nitriles is 1. The lowest BCUT2D eigenvalue weighted by atomic mass is 10.0. The van der Waals surface area contributed by atoms with Crippen molar-refractivity contribution in [3.05, 3.63) is 71.4 Å². The number of anilines is 1. The largest absolute Gasteiger partial charge is 0.305 e. The van der Waals surface area contributed by atoms with E-state index in [2.05, 4.69) is 21.5 Å². The summed E-state index contributed by atoms with van der Waals surface area (Å²) < 4.78 is 0. The molecular weight excluding hydrogens is 342 g/mol. The fourth-order valence-corrected chi connectivity index (χ4v) is 2.27. The third-order valence-corrected chi connectivity index (χ3v) is 3.40. The van der Waals surface area contributed by atoms with Gasteiger partial charge in [0.05, 0.1) is 11.6 Å². The highest BCUT2D eigenvalue weighted by molar-refractivity contribution is 6.47. The second kappa shape index (κ2) is 9.63. The highest BCUT2D eigenvalue weighted by Gasteiger charge is 2.10. The van der Waals surface area contributed by atoms with Crippen LogP contribution in [0.15, 0.2) is 59.8 Å². The van der Waals surface area contributed by atoms with E-state index in [4.69, 9.17) is 5.26 Å². The molecular formula is C20H19N5O2. The lowest BCUT2D eigenvalue weighted by molar-refractivity contribution is -0.110. The zero-order chi connectivity index (χ0) is 19.6. The number of amides is 1. The number of aldehydes is 1. The number of hydrazone groups is 1. The van der Waals surface area contributed by atoms with Crippen LogP contribution in [0.25, 0.3) is 0 Å². The van der Waals surface area contributed by atoms with Crippen LogP contribution in [0.3, 0.4) is 0 Å². The average molecular weight is 361 g/mol. The predicted octanol–water partition coefficient (Wildman–Crippen LogP) is 2.16. The van der Waals surface area contributed by atoms with Gasteiger partial charge < -0.3 is 10.3 Å². The van der Waals surface area contributed by atoms with Gasteiger partial charge in [-0.05, 0) is 47.9 Å². The van der Waals surface area contributed by atoms with Gasteiger partial charge in [-0.15, -0.1) is 0 Å². The lowest BCUT2D eigenvalue weighted by Crippen LogP contribution is -2.24. The first kappa shape index (κ1) is 19.5. The van der Waals surface area contributed by atoms with Gasteiger partial charge in [0.15, 0.2) is 0 Å². The summed E-state index contributed by atoms with van der Waals surface area (Å²) in [6.45, 7) is 0. The Morgan fingerprint density at radius 2 is 2.11 bits per heavy atom. The Balaban J connectivity index is 2.08. The monoisotopic (exact) mass is 361 g/mol. The molecule has 27 heavy (non-hydrogen) atoms. The first-order valence-electron chi connectivity index (χ1n) is 8.15. The number of nitrogens with one attached hydrogen (secondary N) is 1. The van der Waals surface area contributed by atoms with E-state index in [9.17, 15) is 9.59 Å². The Morgan fingerprint density at radius 3 is 2.74 bits per heavy atom. The van der Waals surface area contributed by atoms with E-state index in [0.29, 0.717) is 24.1 Å². The minimum Gasteiger partial charge on any atom is -0.305 e. The Hall–Kier alpha value is -3.79. The molecule has 0 saturated carbocycles. The molecule has 1 N–H and O–H groups in total. The number of carbonyl (C=O) groups excluding carboxylic acids is 2. The molecule has 1 amide bonds. The van der Waals surface area contributed by atoms with Crippen LogP contribution >= 0.6 is 0 Å². The van der Waals surface area contributed by atoms with Crippen molar-refractivity contribution in [1.29, 1.82) is 5.26 Å². The van der Waals surface area contributed by atoms with Crippen molar-refractivity contribution >= 4 is 23.7 Å². The summed E-state index contributed by atoms with van der Waals surface area (Å²) >= 11 is 0. The maximum Gasteiger partial charge on any atom is 0.277 e. The number of allylic oxidation sites excluding steroid dienone is 1. The molecule has 0 bridgehead atoms. The van der Waals surface area contributed by atoms with E-state index in [0.717, 1.165) is 11.1 Å². The molecule has 0 fully saturated rings. The summed E-state index contributed by atoms with van der Waals surface area (Å²) in [5.41, 5.74) is 2.66. The van der Waals surface area contributed by atoms with Gasteiger partial charge in [0.2, 0.25) is 0 Å². The van der Waals surface area contributed by atoms with Crippen molar-refractivity contribution in [3.63, 3.8) is 0 Å². The molecule has 0 aliphatic heterocycles. The van der Waals surface area contributed by atoms with E-state index >= 15 is 0 Å². The van der Waals surface area contributed by atoms with Crippen molar-refractivity contribution in [2.45, 2.75) is 6.42 Å². The summed E-state index contributed by atoms with van der Waals surface area (Å²) in [5, 5.41) is 17.1. The van der Waals surface area contributed by atoms with Crippen LogP contribution in [-0.2, 0) is 16.0 Å². The zero-order valence-corrected chi connectivity index (χ0v) is 15.1. The summed E-state index contributed by atoms with van der Waals surface area (Å²) in [5.74, 6) is -0.0933. The Labute approximate surface area is 157 Å². The number of benzene rings is 1. The smallest absolute Gasteiger partial charge is 0.277 e. The highest BCUT2D eigenvalue weighted by atomic mass is 16.2. The molecule has 1 heterocycles. The van der Waals surface area contributed by atoms with Crippen molar-refractivity contribution in [2.75, 3.05) is 19.4 Å². The zero-order valence-electron chi connectivity index (χ0n) is 15.1. The Kier molecular flexibility index (Phi) is 6.97. The van der Waals surface area contributed by atoms with Gasteiger partial charge in [0.1, 0.15) is 17.8 Å². The number of carbonyl (C=O) groups is 2. The molecule has 0 aliphatic carbocycles. The summed E-state index contributed by atoms with van der Waals surface area (Å²) in [7, 11) is 3.35. The van der Waals surface area contributed by atoms with E-state index in [1.165, 1.54) is 17.2 Å². The van der Waals surface area contributed by atoms with E-state index in [1.807, 2.05) is 24.3 Å². The minimum atomic E-state index is -0.469. The number of rotatable bonds is 7. The van der Waals surface area contributed by atoms with Crippen molar-refractivity contribution in [3.8, 4) is 6.07 Å². The molecule has 1 aromatic heterocycles. The van der Waals surface area contributed by atoms with Gasteiger partial charge in [0.25, 0.3) is 5.91 Å². The molecule has 1 aromatic carbocycles. The third-order valence-electron chi connectivity index (χ3n) is 3.40. The van der Waals surface area contributed by atoms with E-state index in [-0.39, 0.29) is 5.71 Å². The molecule has 0 aliphatic rings. The fraction of sp³-hybridized carbons (Fsp3) is 0.150.